The summed E-state index contributed by atoms with van der Waals surface area (Å²) in [6.45, 7) is 1.76. The molecule has 0 spiro atoms. The average Bonchev–Trinajstić information content (AvgIpc) is 2.40. The van der Waals surface area contributed by atoms with Crippen LogP contribution in [0.25, 0.3) is 0 Å². The van der Waals surface area contributed by atoms with Crippen LogP contribution in [0, 0.1) is 17.0 Å². The average molecular weight is 336 g/mol. The van der Waals surface area contributed by atoms with Crippen molar-refractivity contribution >= 4 is 33.3 Å². The van der Waals surface area contributed by atoms with Gasteiger partial charge in [-0.1, -0.05) is 6.07 Å². The number of hydrogen-bond acceptors (Lipinski definition) is 4. The molecule has 1 aromatic heterocycles. The van der Waals surface area contributed by atoms with Crippen LogP contribution in [0.5, 0.6) is 0 Å². The van der Waals surface area contributed by atoms with Gasteiger partial charge in [0.05, 0.1) is 9.40 Å². The molecule has 0 fully saturated rings. The Morgan fingerprint density at radius 2 is 2.15 bits per heavy atom. The highest BCUT2D eigenvalue weighted by Gasteiger charge is 2.20. The second kappa shape index (κ2) is 5.79. The van der Waals surface area contributed by atoms with E-state index < -0.39 is 10.8 Å². The number of nitrogens with one attached hydrogen (secondary N) is 1. The van der Waals surface area contributed by atoms with Crippen molar-refractivity contribution in [2.24, 2.45) is 0 Å². The Labute approximate surface area is 123 Å². The lowest BCUT2D eigenvalue weighted by Gasteiger charge is -2.07. The third-order valence-electron chi connectivity index (χ3n) is 2.58. The van der Waals surface area contributed by atoms with Crippen molar-refractivity contribution in [2.75, 3.05) is 5.32 Å². The third kappa shape index (κ3) is 3.00. The molecule has 0 unspecified atom stereocenters. The van der Waals surface area contributed by atoms with Crippen molar-refractivity contribution in [1.82, 2.24) is 4.98 Å². The Hall–Kier alpha value is -2.28. The van der Waals surface area contributed by atoms with E-state index in [1.807, 2.05) is 0 Å². The number of anilines is 1. The first-order valence-electron chi connectivity index (χ1n) is 5.66. The molecule has 0 bridgehead atoms. The fourth-order valence-corrected chi connectivity index (χ4v) is 2.00. The number of amides is 1. The highest BCUT2D eigenvalue weighted by atomic mass is 79.9. The minimum absolute atomic E-state index is 0.00699. The minimum atomic E-state index is -0.582. The lowest BCUT2D eigenvalue weighted by molar-refractivity contribution is -0.385. The smallest absolute Gasteiger partial charge is 0.282 e. The van der Waals surface area contributed by atoms with E-state index in [1.165, 1.54) is 18.3 Å². The number of carbonyl (C=O) groups excluding carboxylic acids is 1. The van der Waals surface area contributed by atoms with E-state index in [4.69, 9.17) is 0 Å². The highest BCUT2D eigenvalue weighted by Crippen LogP contribution is 2.23. The Morgan fingerprint density at radius 1 is 1.40 bits per heavy atom. The Balaban J connectivity index is 2.37. The lowest BCUT2D eigenvalue weighted by atomic mass is 10.1. The van der Waals surface area contributed by atoms with Crippen LogP contribution in [0.1, 0.15) is 15.9 Å². The monoisotopic (exact) mass is 335 g/mol. The molecular weight excluding hydrogens is 326 g/mol. The molecular formula is C13H10BrN3O3. The van der Waals surface area contributed by atoms with Gasteiger partial charge < -0.3 is 5.32 Å². The van der Waals surface area contributed by atoms with Gasteiger partial charge in [0.25, 0.3) is 11.6 Å². The van der Waals surface area contributed by atoms with Crippen LogP contribution in [0.4, 0.5) is 11.5 Å². The van der Waals surface area contributed by atoms with E-state index in [0.717, 1.165) is 5.56 Å². The number of nitro benzene ring substituents is 1. The van der Waals surface area contributed by atoms with Crippen LogP contribution in [-0.2, 0) is 0 Å². The molecule has 0 radical (unpaired) electrons. The predicted octanol–water partition coefficient (Wildman–Crippen LogP) is 3.31. The zero-order valence-electron chi connectivity index (χ0n) is 10.5. The lowest BCUT2D eigenvalue weighted by Crippen LogP contribution is -2.15. The molecule has 0 saturated heterocycles. The van der Waals surface area contributed by atoms with E-state index in [-0.39, 0.29) is 11.3 Å². The Bertz CT molecular complexity index is 688. The molecule has 7 heteroatoms. The van der Waals surface area contributed by atoms with Crippen molar-refractivity contribution < 1.29 is 9.72 Å². The molecule has 0 saturated carbocycles. The van der Waals surface area contributed by atoms with Crippen molar-refractivity contribution in [3.8, 4) is 0 Å². The van der Waals surface area contributed by atoms with Crippen LogP contribution in [0.15, 0.2) is 41.0 Å². The van der Waals surface area contributed by atoms with Gasteiger partial charge >= 0.3 is 0 Å². The molecule has 20 heavy (non-hydrogen) atoms. The van der Waals surface area contributed by atoms with Crippen molar-refractivity contribution in [3.05, 3.63) is 62.2 Å². The second-order valence-corrected chi connectivity index (χ2v) is 4.92. The van der Waals surface area contributed by atoms with E-state index in [2.05, 4.69) is 26.2 Å². The molecule has 0 aliphatic heterocycles. The normalized spacial score (nSPS) is 10.1. The fourth-order valence-electron chi connectivity index (χ4n) is 1.64. The number of benzene rings is 1. The number of aryl methyl sites for hydroxylation is 1. The first-order valence-corrected chi connectivity index (χ1v) is 6.45. The number of nitrogens with zero attached hydrogens (tertiary/aromatic N) is 2. The van der Waals surface area contributed by atoms with Crippen LogP contribution in [0.2, 0.25) is 0 Å². The number of rotatable bonds is 3. The first-order chi connectivity index (χ1) is 9.49. The van der Waals surface area contributed by atoms with Gasteiger partial charge in [-0.3, -0.25) is 14.9 Å². The summed E-state index contributed by atoms with van der Waals surface area (Å²) >= 11 is 3.25. The maximum absolute atomic E-state index is 12.2. The zero-order valence-corrected chi connectivity index (χ0v) is 12.0. The Morgan fingerprint density at radius 3 is 2.80 bits per heavy atom. The van der Waals surface area contributed by atoms with E-state index in [0.29, 0.717) is 10.3 Å². The quantitative estimate of drug-likeness (QED) is 0.688. The molecule has 1 heterocycles. The summed E-state index contributed by atoms with van der Waals surface area (Å²) in [5.41, 5.74) is 0.536. The number of aromatic nitrogens is 1. The number of carbonyl (C=O) groups is 1. The summed E-state index contributed by atoms with van der Waals surface area (Å²) in [6.07, 6.45) is 1.52. The van der Waals surface area contributed by atoms with Gasteiger partial charge in [0, 0.05) is 12.3 Å². The van der Waals surface area contributed by atoms with Gasteiger partial charge in [0.1, 0.15) is 11.4 Å². The molecule has 6 nitrogen and oxygen atoms in total. The van der Waals surface area contributed by atoms with Crippen molar-refractivity contribution in [1.29, 1.82) is 0 Å². The second-order valence-electron chi connectivity index (χ2n) is 4.07. The first kappa shape index (κ1) is 14.1. The summed E-state index contributed by atoms with van der Waals surface area (Å²) in [6, 6.07) is 7.80. The standard InChI is InChI=1S/C13H10BrN3O3/c1-8-4-5-11(17(19)20)9(7-8)13(18)16-12-10(14)3-2-6-15-12/h2-7H,1H3,(H,15,16,18). The molecule has 1 aromatic carbocycles. The molecule has 2 rings (SSSR count). The largest absolute Gasteiger partial charge is 0.305 e. The third-order valence-corrected chi connectivity index (χ3v) is 3.22. The van der Waals surface area contributed by atoms with Crippen molar-refractivity contribution in [2.45, 2.75) is 6.92 Å². The minimum Gasteiger partial charge on any atom is -0.305 e. The predicted molar refractivity (Wildman–Crippen MR) is 77.7 cm³/mol. The summed E-state index contributed by atoms with van der Waals surface area (Å²) in [5.74, 6) is -0.256. The van der Waals surface area contributed by atoms with Crippen molar-refractivity contribution in [3.63, 3.8) is 0 Å². The van der Waals surface area contributed by atoms with Gasteiger partial charge in [-0.05, 0) is 46.6 Å². The van der Waals surface area contributed by atoms with Crippen LogP contribution < -0.4 is 5.32 Å². The van der Waals surface area contributed by atoms with Crippen LogP contribution in [-0.4, -0.2) is 15.8 Å². The summed E-state index contributed by atoms with van der Waals surface area (Å²) in [4.78, 5) is 26.5. The van der Waals surface area contributed by atoms with Gasteiger partial charge in [0.15, 0.2) is 0 Å². The molecule has 1 amide bonds. The van der Waals surface area contributed by atoms with E-state index >= 15 is 0 Å². The molecule has 1 N–H and O–H groups in total. The molecule has 0 atom stereocenters. The summed E-state index contributed by atoms with van der Waals surface area (Å²) in [7, 11) is 0. The van der Waals surface area contributed by atoms with Gasteiger partial charge in [-0.25, -0.2) is 4.98 Å². The zero-order chi connectivity index (χ0) is 14.7. The molecule has 102 valence electrons. The van der Waals surface area contributed by atoms with Gasteiger partial charge in [-0.15, -0.1) is 0 Å². The highest BCUT2D eigenvalue weighted by molar-refractivity contribution is 9.10. The summed E-state index contributed by atoms with van der Waals surface area (Å²) < 4.78 is 0.601. The van der Waals surface area contributed by atoms with E-state index in [1.54, 1.807) is 25.1 Å². The topological polar surface area (TPSA) is 85.1 Å². The maximum atomic E-state index is 12.2. The number of halogens is 1. The summed E-state index contributed by atoms with van der Waals surface area (Å²) in [5, 5.41) is 13.5. The van der Waals surface area contributed by atoms with Crippen LogP contribution >= 0.6 is 15.9 Å². The molecule has 0 aliphatic carbocycles. The Kier molecular flexibility index (Phi) is 4.09. The number of pyridine rings is 1. The van der Waals surface area contributed by atoms with Crippen LogP contribution in [0.3, 0.4) is 0 Å². The van der Waals surface area contributed by atoms with E-state index in [9.17, 15) is 14.9 Å². The number of nitro groups is 1. The maximum Gasteiger partial charge on any atom is 0.282 e. The SMILES string of the molecule is Cc1ccc([N+](=O)[O-])c(C(=O)Nc2ncccc2Br)c1. The van der Waals surface area contributed by atoms with Gasteiger partial charge in [-0.2, -0.15) is 0 Å². The van der Waals surface area contributed by atoms with Gasteiger partial charge in [0.2, 0.25) is 0 Å². The fraction of sp³-hybridized carbons (Fsp3) is 0.0769. The number of hydrogen-bond donors (Lipinski definition) is 1. The molecule has 2 aromatic rings. The molecule has 0 aliphatic rings.